The van der Waals surface area contributed by atoms with E-state index in [1.807, 2.05) is 10.9 Å². The van der Waals surface area contributed by atoms with E-state index < -0.39 is 0 Å². The Balaban J connectivity index is 1.97. The average molecular weight is 285 g/mol. The van der Waals surface area contributed by atoms with Crippen molar-refractivity contribution in [3.63, 3.8) is 0 Å². The van der Waals surface area contributed by atoms with Crippen LogP contribution in [0.2, 0.25) is 0 Å². The summed E-state index contributed by atoms with van der Waals surface area (Å²) in [6, 6.07) is 9.40. The predicted octanol–water partition coefficient (Wildman–Crippen LogP) is 3.89. The summed E-state index contributed by atoms with van der Waals surface area (Å²) in [5, 5.41) is 7.92. The molecule has 0 saturated carbocycles. The topological polar surface area (TPSA) is 29.9 Å². The van der Waals surface area contributed by atoms with Crippen LogP contribution < -0.4 is 5.32 Å². The Morgan fingerprint density at radius 3 is 2.52 bits per heavy atom. The van der Waals surface area contributed by atoms with Crippen LogP contribution in [0.25, 0.3) is 11.1 Å². The number of hydrogen-bond donors (Lipinski definition) is 1. The second-order valence-electron chi connectivity index (χ2n) is 5.75. The molecule has 0 fully saturated rings. The van der Waals surface area contributed by atoms with Gasteiger partial charge in [-0.3, -0.25) is 4.68 Å². The first-order chi connectivity index (χ1) is 10.2. The van der Waals surface area contributed by atoms with E-state index in [1.54, 1.807) is 0 Å². The molecule has 1 heterocycles. The highest BCUT2D eigenvalue weighted by atomic mass is 15.3. The van der Waals surface area contributed by atoms with E-state index in [0.717, 1.165) is 25.9 Å². The molecular formula is C18H27N3. The highest BCUT2D eigenvalue weighted by Gasteiger charge is 2.04. The highest BCUT2D eigenvalue weighted by molar-refractivity contribution is 5.61. The number of nitrogens with zero attached hydrogens (tertiary/aromatic N) is 2. The lowest BCUT2D eigenvalue weighted by molar-refractivity contribution is 0.543. The molecule has 0 radical (unpaired) electrons. The van der Waals surface area contributed by atoms with Gasteiger partial charge in [-0.25, -0.2) is 0 Å². The lowest BCUT2D eigenvalue weighted by Gasteiger charge is -2.13. The molecule has 0 bridgehead atoms. The number of nitrogens with one attached hydrogen (secondary N) is 1. The van der Waals surface area contributed by atoms with Crippen molar-refractivity contribution in [3.05, 3.63) is 42.2 Å². The van der Waals surface area contributed by atoms with Gasteiger partial charge in [-0.1, -0.05) is 38.1 Å². The Bertz CT molecular complexity index is 528. The Morgan fingerprint density at radius 1 is 1.10 bits per heavy atom. The molecule has 1 unspecified atom stereocenters. The predicted molar refractivity (Wildman–Crippen MR) is 89.4 cm³/mol. The van der Waals surface area contributed by atoms with Crippen LogP contribution in [0.4, 0.5) is 0 Å². The van der Waals surface area contributed by atoms with Crippen LogP contribution in [-0.2, 0) is 13.0 Å². The van der Waals surface area contributed by atoms with E-state index >= 15 is 0 Å². The molecule has 2 rings (SSSR count). The first-order valence-corrected chi connectivity index (χ1v) is 8.08. The molecular weight excluding hydrogens is 258 g/mol. The summed E-state index contributed by atoms with van der Waals surface area (Å²) in [6.45, 7) is 8.70. The summed E-state index contributed by atoms with van der Waals surface area (Å²) in [4.78, 5) is 0. The Morgan fingerprint density at radius 2 is 1.86 bits per heavy atom. The maximum atomic E-state index is 4.39. The maximum absolute atomic E-state index is 4.39. The lowest BCUT2D eigenvalue weighted by atomic mass is 10.0. The molecule has 1 N–H and O–H groups in total. The van der Waals surface area contributed by atoms with Crippen molar-refractivity contribution in [2.45, 2.75) is 52.6 Å². The highest BCUT2D eigenvalue weighted by Crippen LogP contribution is 2.19. The number of aromatic nitrogens is 2. The molecule has 0 saturated heterocycles. The van der Waals surface area contributed by atoms with Crippen molar-refractivity contribution in [2.75, 3.05) is 6.54 Å². The van der Waals surface area contributed by atoms with Gasteiger partial charge in [0.25, 0.3) is 0 Å². The van der Waals surface area contributed by atoms with Gasteiger partial charge in [0, 0.05) is 24.3 Å². The molecule has 0 aliphatic rings. The van der Waals surface area contributed by atoms with Crippen molar-refractivity contribution in [3.8, 4) is 11.1 Å². The fourth-order valence-electron chi connectivity index (χ4n) is 2.51. The number of aryl methyl sites for hydroxylation is 1. The van der Waals surface area contributed by atoms with E-state index in [9.17, 15) is 0 Å². The Hall–Kier alpha value is -1.61. The van der Waals surface area contributed by atoms with Gasteiger partial charge in [0.1, 0.15) is 0 Å². The monoisotopic (exact) mass is 285 g/mol. The number of benzene rings is 1. The largest absolute Gasteiger partial charge is 0.314 e. The molecule has 1 aromatic carbocycles. The van der Waals surface area contributed by atoms with Crippen LogP contribution in [0.1, 0.15) is 39.2 Å². The second kappa shape index (κ2) is 7.99. The molecule has 1 aromatic heterocycles. The summed E-state index contributed by atoms with van der Waals surface area (Å²) in [6.07, 6.45) is 7.46. The van der Waals surface area contributed by atoms with Crippen LogP contribution in [0.3, 0.4) is 0 Å². The standard InChI is InChI=1S/C18H27N3/c1-4-10-19-15(3)12-16-6-8-17(9-7-16)18-13-20-21(14-18)11-5-2/h6-9,13-15,19H,4-5,10-12H2,1-3H3. The van der Waals surface area contributed by atoms with Gasteiger partial charge in [-0.2, -0.15) is 5.10 Å². The summed E-state index contributed by atoms with van der Waals surface area (Å²) in [5.74, 6) is 0. The molecule has 114 valence electrons. The van der Waals surface area contributed by atoms with Crippen molar-refractivity contribution in [1.82, 2.24) is 15.1 Å². The van der Waals surface area contributed by atoms with Gasteiger partial charge >= 0.3 is 0 Å². The van der Waals surface area contributed by atoms with E-state index in [1.165, 1.54) is 23.1 Å². The summed E-state index contributed by atoms with van der Waals surface area (Å²) >= 11 is 0. The lowest BCUT2D eigenvalue weighted by Crippen LogP contribution is -2.28. The zero-order chi connectivity index (χ0) is 15.1. The van der Waals surface area contributed by atoms with Crippen LogP contribution in [-0.4, -0.2) is 22.4 Å². The van der Waals surface area contributed by atoms with E-state index in [0.29, 0.717) is 6.04 Å². The summed E-state index contributed by atoms with van der Waals surface area (Å²) in [7, 11) is 0. The minimum atomic E-state index is 0.531. The zero-order valence-corrected chi connectivity index (χ0v) is 13.5. The van der Waals surface area contributed by atoms with Crippen LogP contribution in [0.5, 0.6) is 0 Å². The molecule has 0 aliphatic carbocycles. The van der Waals surface area contributed by atoms with Gasteiger partial charge in [0.05, 0.1) is 6.20 Å². The molecule has 3 nitrogen and oxygen atoms in total. The fraction of sp³-hybridized carbons (Fsp3) is 0.500. The van der Waals surface area contributed by atoms with Gasteiger partial charge in [-0.05, 0) is 43.9 Å². The summed E-state index contributed by atoms with van der Waals surface area (Å²) in [5.41, 5.74) is 3.83. The van der Waals surface area contributed by atoms with Crippen LogP contribution in [0.15, 0.2) is 36.7 Å². The maximum Gasteiger partial charge on any atom is 0.0568 e. The van der Waals surface area contributed by atoms with E-state index in [4.69, 9.17) is 0 Å². The summed E-state index contributed by atoms with van der Waals surface area (Å²) < 4.78 is 2.01. The van der Waals surface area contributed by atoms with Gasteiger partial charge in [-0.15, -0.1) is 0 Å². The van der Waals surface area contributed by atoms with Crippen LogP contribution in [0, 0.1) is 0 Å². The Labute approximate surface area is 128 Å². The van der Waals surface area contributed by atoms with Crippen molar-refractivity contribution in [1.29, 1.82) is 0 Å². The molecule has 0 aliphatic heterocycles. The minimum Gasteiger partial charge on any atom is -0.314 e. The molecule has 0 amide bonds. The van der Waals surface area contributed by atoms with Crippen molar-refractivity contribution >= 4 is 0 Å². The smallest absolute Gasteiger partial charge is 0.0568 e. The molecule has 21 heavy (non-hydrogen) atoms. The third kappa shape index (κ3) is 4.71. The van der Waals surface area contributed by atoms with Crippen molar-refractivity contribution < 1.29 is 0 Å². The van der Waals surface area contributed by atoms with E-state index in [2.05, 4.69) is 61.6 Å². The average Bonchev–Trinajstić information content (AvgIpc) is 2.95. The molecule has 3 heteroatoms. The number of rotatable bonds is 8. The number of hydrogen-bond acceptors (Lipinski definition) is 2. The molecule has 1 atom stereocenters. The van der Waals surface area contributed by atoms with Crippen LogP contribution >= 0.6 is 0 Å². The van der Waals surface area contributed by atoms with Gasteiger partial charge in [0.2, 0.25) is 0 Å². The quantitative estimate of drug-likeness (QED) is 0.797. The van der Waals surface area contributed by atoms with E-state index in [-0.39, 0.29) is 0 Å². The molecule has 2 aromatic rings. The normalized spacial score (nSPS) is 12.5. The third-order valence-electron chi connectivity index (χ3n) is 3.66. The second-order valence-corrected chi connectivity index (χ2v) is 5.75. The SMILES string of the molecule is CCCNC(C)Cc1ccc(-c2cnn(CCC)c2)cc1. The van der Waals surface area contributed by atoms with Gasteiger partial charge < -0.3 is 5.32 Å². The first-order valence-electron chi connectivity index (χ1n) is 8.08. The Kier molecular flexibility index (Phi) is 6.00. The van der Waals surface area contributed by atoms with Crippen molar-refractivity contribution in [2.24, 2.45) is 0 Å². The fourth-order valence-corrected chi connectivity index (χ4v) is 2.51. The third-order valence-corrected chi connectivity index (χ3v) is 3.66. The van der Waals surface area contributed by atoms with Gasteiger partial charge in [0.15, 0.2) is 0 Å². The zero-order valence-electron chi connectivity index (χ0n) is 13.5. The molecule has 0 spiro atoms. The minimum absolute atomic E-state index is 0.531. The first kappa shape index (κ1) is 15.8.